The summed E-state index contributed by atoms with van der Waals surface area (Å²) in [5, 5.41) is 3.32. The highest BCUT2D eigenvalue weighted by Crippen LogP contribution is 2.36. The van der Waals surface area contributed by atoms with Gasteiger partial charge in [0.05, 0.1) is 17.8 Å². The molecule has 7 nitrogen and oxygen atoms in total. The molecular weight excluding hydrogens is 340 g/mol. The van der Waals surface area contributed by atoms with Gasteiger partial charge < -0.3 is 14.6 Å². The Morgan fingerprint density at radius 3 is 2.81 bits per heavy atom. The van der Waals surface area contributed by atoms with Crippen LogP contribution in [0.4, 0.5) is 11.6 Å². The van der Waals surface area contributed by atoms with E-state index in [1.54, 1.807) is 13.3 Å². The summed E-state index contributed by atoms with van der Waals surface area (Å²) in [6.45, 7) is 4.24. The van der Waals surface area contributed by atoms with Crippen LogP contribution < -0.4 is 5.32 Å². The van der Waals surface area contributed by atoms with E-state index in [4.69, 9.17) is 9.72 Å². The number of hydrogen-bond donors (Lipinski definition) is 1. The summed E-state index contributed by atoms with van der Waals surface area (Å²) in [7, 11) is 3.81. The van der Waals surface area contributed by atoms with Crippen LogP contribution in [0.5, 0.6) is 0 Å². The summed E-state index contributed by atoms with van der Waals surface area (Å²) in [6.07, 6.45) is 7.14. The molecule has 3 heterocycles. The van der Waals surface area contributed by atoms with E-state index in [0.29, 0.717) is 17.9 Å². The molecular formula is C20H26N6O. The summed E-state index contributed by atoms with van der Waals surface area (Å²) in [6, 6.07) is 3.89. The Labute approximate surface area is 159 Å². The van der Waals surface area contributed by atoms with Crippen LogP contribution in [0.3, 0.4) is 0 Å². The van der Waals surface area contributed by atoms with Crippen molar-refractivity contribution in [2.45, 2.75) is 45.1 Å². The summed E-state index contributed by atoms with van der Waals surface area (Å²) < 4.78 is 7.63. The summed E-state index contributed by atoms with van der Waals surface area (Å²) >= 11 is 0. The van der Waals surface area contributed by atoms with Gasteiger partial charge in [-0.2, -0.15) is 0 Å². The SMILES string of the molecule is COC1CCC(c2nccc(Nc3cc4c(cn3)nc(C)n4C)n2)CC1C. The lowest BCUT2D eigenvalue weighted by molar-refractivity contribution is 0.0244. The van der Waals surface area contributed by atoms with Crippen LogP contribution in [0.15, 0.2) is 24.5 Å². The number of hydrogen-bond acceptors (Lipinski definition) is 6. The number of imidazole rings is 1. The van der Waals surface area contributed by atoms with E-state index in [1.807, 2.05) is 32.3 Å². The molecule has 0 aliphatic heterocycles. The van der Waals surface area contributed by atoms with Gasteiger partial charge in [0.15, 0.2) is 0 Å². The van der Waals surface area contributed by atoms with Crippen molar-refractivity contribution >= 4 is 22.7 Å². The van der Waals surface area contributed by atoms with Gasteiger partial charge in [-0.05, 0) is 38.2 Å². The maximum absolute atomic E-state index is 5.57. The average Bonchev–Trinajstić information content (AvgIpc) is 2.96. The lowest BCUT2D eigenvalue weighted by atomic mass is 9.80. The minimum absolute atomic E-state index is 0.348. The van der Waals surface area contributed by atoms with E-state index >= 15 is 0 Å². The summed E-state index contributed by atoms with van der Waals surface area (Å²) in [5.41, 5.74) is 1.94. The third-order valence-corrected chi connectivity index (χ3v) is 5.68. The number of aryl methyl sites for hydroxylation is 2. The standard InChI is InChI=1S/C20H26N6O/c1-12-9-14(5-6-17(12)27-4)20-21-8-7-18(25-20)24-19-10-16-15(11-22-19)23-13(2)26(16)3/h7-8,10-12,14,17H,5-6,9H2,1-4H3,(H,21,22,24,25). The highest BCUT2D eigenvalue weighted by Gasteiger charge is 2.29. The Morgan fingerprint density at radius 1 is 1.19 bits per heavy atom. The fourth-order valence-electron chi connectivity index (χ4n) is 4.01. The molecule has 27 heavy (non-hydrogen) atoms. The Hall–Kier alpha value is -2.54. The van der Waals surface area contributed by atoms with Crippen molar-refractivity contribution in [3.05, 3.63) is 36.2 Å². The molecule has 3 unspecified atom stereocenters. The minimum Gasteiger partial charge on any atom is -0.381 e. The second kappa shape index (κ2) is 7.23. The van der Waals surface area contributed by atoms with Crippen LogP contribution in [0.1, 0.15) is 43.8 Å². The fourth-order valence-corrected chi connectivity index (χ4v) is 4.01. The molecule has 4 rings (SSSR count). The molecule has 0 spiro atoms. The van der Waals surface area contributed by atoms with Crippen molar-refractivity contribution in [2.24, 2.45) is 13.0 Å². The first kappa shape index (κ1) is 17.9. The second-order valence-electron chi connectivity index (χ2n) is 7.46. The number of nitrogens with zero attached hydrogens (tertiary/aromatic N) is 5. The average molecular weight is 366 g/mol. The zero-order valence-electron chi connectivity index (χ0n) is 16.3. The molecule has 142 valence electrons. The van der Waals surface area contributed by atoms with E-state index in [1.165, 1.54) is 0 Å². The molecule has 0 aromatic carbocycles. The molecule has 7 heteroatoms. The van der Waals surface area contributed by atoms with Crippen molar-refractivity contribution in [2.75, 3.05) is 12.4 Å². The zero-order chi connectivity index (χ0) is 19.0. The predicted octanol–water partition coefficient (Wildman–Crippen LogP) is 3.73. The monoisotopic (exact) mass is 366 g/mol. The first-order valence-corrected chi connectivity index (χ1v) is 9.47. The van der Waals surface area contributed by atoms with Crippen LogP contribution in [0, 0.1) is 12.8 Å². The van der Waals surface area contributed by atoms with E-state index in [9.17, 15) is 0 Å². The third-order valence-electron chi connectivity index (χ3n) is 5.68. The molecule has 0 amide bonds. The topological polar surface area (TPSA) is 77.8 Å². The van der Waals surface area contributed by atoms with Gasteiger partial charge in [0.25, 0.3) is 0 Å². The molecule has 1 aliphatic rings. The molecule has 3 aromatic rings. The summed E-state index contributed by atoms with van der Waals surface area (Å²) in [4.78, 5) is 18.3. The maximum Gasteiger partial charge on any atom is 0.135 e. The maximum atomic E-state index is 5.57. The van der Waals surface area contributed by atoms with Gasteiger partial charge in [-0.15, -0.1) is 0 Å². The van der Waals surface area contributed by atoms with Crippen molar-refractivity contribution in [3.63, 3.8) is 0 Å². The van der Waals surface area contributed by atoms with E-state index in [0.717, 1.165) is 53.6 Å². The molecule has 1 N–H and O–H groups in total. The van der Waals surface area contributed by atoms with E-state index in [2.05, 4.69) is 31.8 Å². The zero-order valence-corrected chi connectivity index (χ0v) is 16.3. The molecule has 0 bridgehead atoms. The van der Waals surface area contributed by atoms with Crippen molar-refractivity contribution in [1.29, 1.82) is 0 Å². The van der Waals surface area contributed by atoms with Gasteiger partial charge in [-0.25, -0.2) is 19.9 Å². The van der Waals surface area contributed by atoms with Gasteiger partial charge in [-0.3, -0.25) is 0 Å². The van der Waals surface area contributed by atoms with Crippen LogP contribution in [-0.2, 0) is 11.8 Å². The number of fused-ring (bicyclic) bond motifs is 1. The van der Waals surface area contributed by atoms with E-state index < -0.39 is 0 Å². The number of aromatic nitrogens is 5. The molecule has 1 fully saturated rings. The Kier molecular flexibility index (Phi) is 4.78. The third kappa shape index (κ3) is 3.51. The van der Waals surface area contributed by atoms with Gasteiger partial charge in [0.2, 0.25) is 0 Å². The summed E-state index contributed by atoms with van der Waals surface area (Å²) in [5.74, 6) is 4.29. The quantitative estimate of drug-likeness (QED) is 0.758. The number of ether oxygens (including phenoxy) is 1. The number of rotatable bonds is 4. The number of methoxy groups -OCH3 is 1. The molecule has 1 saturated carbocycles. The van der Waals surface area contributed by atoms with Crippen LogP contribution in [-0.4, -0.2) is 37.7 Å². The van der Waals surface area contributed by atoms with E-state index in [-0.39, 0.29) is 0 Å². The molecule has 3 aromatic heterocycles. The van der Waals surface area contributed by atoms with Crippen molar-refractivity contribution < 1.29 is 4.74 Å². The molecule has 0 saturated heterocycles. The lowest BCUT2D eigenvalue weighted by Gasteiger charge is -2.32. The Balaban J connectivity index is 1.54. The number of anilines is 2. The fraction of sp³-hybridized carbons (Fsp3) is 0.500. The normalized spacial score (nSPS) is 22.9. The van der Waals surface area contributed by atoms with Crippen molar-refractivity contribution in [1.82, 2.24) is 24.5 Å². The minimum atomic E-state index is 0.348. The first-order valence-electron chi connectivity index (χ1n) is 9.47. The van der Waals surface area contributed by atoms with Gasteiger partial charge in [0, 0.05) is 32.3 Å². The highest BCUT2D eigenvalue weighted by molar-refractivity contribution is 5.78. The number of pyridine rings is 1. The Morgan fingerprint density at radius 2 is 2.04 bits per heavy atom. The first-order chi connectivity index (χ1) is 13.0. The molecule has 0 radical (unpaired) electrons. The predicted molar refractivity (Wildman–Crippen MR) is 105 cm³/mol. The van der Waals surface area contributed by atoms with Crippen LogP contribution in [0.2, 0.25) is 0 Å². The second-order valence-corrected chi connectivity index (χ2v) is 7.46. The van der Waals surface area contributed by atoms with Crippen molar-refractivity contribution in [3.8, 4) is 0 Å². The van der Waals surface area contributed by atoms with Gasteiger partial charge in [0.1, 0.15) is 28.8 Å². The van der Waals surface area contributed by atoms with Gasteiger partial charge in [-0.1, -0.05) is 6.92 Å². The Bertz CT molecular complexity index is 953. The largest absolute Gasteiger partial charge is 0.381 e. The van der Waals surface area contributed by atoms with Gasteiger partial charge >= 0.3 is 0 Å². The van der Waals surface area contributed by atoms with Crippen LogP contribution in [0.25, 0.3) is 11.0 Å². The number of nitrogens with one attached hydrogen (secondary N) is 1. The smallest absolute Gasteiger partial charge is 0.135 e. The highest BCUT2D eigenvalue weighted by atomic mass is 16.5. The lowest BCUT2D eigenvalue weighted by Crippen LogP contribution is -2.28. The van der Waals surface area contributed by atoms with Crippen LogP contribution >= 0.6 is 0 Å². The molecule has 3 atom stereocenters. The molecule has 1 aliphatic carbocycles.